The maximum absolute atomic E-state index is 13.2. The third-order valence-corrected chi connectivity index (χ3v) is 11.2. The lowest BCUT2D eigenvalue weighted by atomic mass is 9.51. The predicted molar refractivity (Wildman–Crippen MR) is 114 cm³/mol. The fourth-order valence-electron chi connectivity index (χ4n) is 9.82. The van der Waals surface area contributed by atoms with Crippen LogP contribution in [0.25, 0.3) is 0 Å². The number of nitrogens with zero attached hydrogens (tertiary/aromatic N) is 1. The minimum Gasteiger partial charge on any atom is -0.393 e. The van der Waals surface area contributed by atoms with Crippen molar-refractivity contribution < 1.29 is 9.90 Å². The number of aliphatic hydroxyl groups excluding tert-OH is 1. The van der Waals surface area contributed by atoms with E-state index in [2.05, 4.69) is 18.7 Å². The summed E-state index contributed by atoms with van der Waals surface area (Å²) in [4.78, 5) is 16.1. The van der Waals surface area contributed by atoms with Crippen LogP contribution in [0.2, 0.25) is 0 Å². The largest absolute Gasteiger partial charge is 0.393 e. The summed E-state index contributed by atoms with van der Waals surface area (Å²) in [7, 11) is 0. The summed E-state index contributed by atoms with van der Waals surface area (Å²) in [6.45, 7) is 7.57. The van der Waals surface area contributed by atoms with Crippen molar-refractivity contribution in [2.75, 3.05) is 13.1 Å². The molecule has 1 N–H and O–H groups in total. The molecule has 2 saturated heterocycles. The number of aliphatic hydroxyl groups is 1. The van der Waals surface area contributed by atoms with Crippen molar-refractivity contribution in [3.05, 3.63) is 0 Å². The predicted octanol–water partition coefficient (Wildman–Crippen LogP) is 4.53. The molecule has 29 heavy (non-hydrogen) atoms. The van der Waals surface area contributed by atoms with Crippen LogP contribution in [0.15, 0.2) is 0 Å². The SMILES string of the molecule is C[C@H]1CC[C@@H]2C[C@@H]3CC[C@H]4[C@H](C[C@H]5[C@H]4CC(=O)[C@H]4C[C@H](O)CC[C@@]45C)[C@H]3CN2C1. The van der Waals surface area contributed by atoms with Gasteiger partial charge >= 0.3 is 0 Å². The molecule has 6 aliphatic rings. The minimum atomic E-state index is -0.238. The van der Waals surface area contributed by atoms with Crippen LogP contribution in [-0.2, 0) is 4.79 Å². The van der Waals surface area contributed by atoms with Gasteiger partial charge in [0.2, 0.25) is 0 Å². The number of hydrogen-bond donors (Lipinski definition) is 1. The van der Waals surface area contributed by atoms with Gasteiger partial charge in [0.15, 0.2) is 0 Å². The van der Waals surface area contributed by atoms with Crippen LogP contribution < -0.4 is 0 Å². The van der Waals surface area contributed by atoms with Crippen LogP contribution in [0.1, 0.15) is 78.1 Å². The van der Waals surface area contributed by atoms with Gasteiger partial charge in [0.25, 0.3) is 0 Å². The van der Waals surface area contributed by atoms with Crippen molar-refractivity contribution in [2.45, 2.75) is 90.2 Å². The quantitative estimate of drug-likeness (QED) is 0.651. The molecule has 0 aromatic heterocycles. The standard InChI is InChI=1S/C26H41NO2/c1-15-3-5-17-9-16-4-6-19-20(22(16)14-27(17)13-15)11-23-21(19)12-25(29)24-10-18(28)7-8-26(23,24)2/h15-24,28H,3-14H2,1-2H3/t15-,16-,17+,18+,19-,20-,21-,22-,23-,24+,26+/m0/s1. The molecule has 4 aliphatic carbocycles. The van der Waals surface area contributed by atoms with Crippen molar-refractivity contribution in [2.24, 2.45) is 52.8 Å². The van der Waals surface area contributed by atoms with Gasteiger partial charge in [0.05, 0.1) is 6.10 Å². The van der Waals surface area contributed by atoms with E-state index in [-0.39, 0.29) is 17.4 Å². The third kappa shape index (κ3) is 2.85. The van der Waals surface area contributed by atoms with Crippen molar-refractivity contribution in [3.63, 3.8) is 0 Å². The summed E-state index contributed by atoms with van der Waals surface area (Å²) in [5, 5.41) is 10.3. The summed E-state index contributed by atoms with van der Waals surface area (Å²) in [6.07, 6.45) is 11.9. The van der Waals surface area contributed by atoms with E-state index in [0.717, 1.165) is 67.2 Å². The van der Waals surface area contributed by atoms with E-state index < -0.39 is 0 Å². The number of piperidine rings is 2. The second-order valence-electron chi connectivity index (χ2n) is 12.5. The second kappa shape index (κ2) is 6.79. The number of carbonyl (C=O) groups is 1. The lowest BCUT2D eigenvalue weighted by Crippen LogP contribution is -2.54. The smallest absolute Gasteiger partial charge is 0.136 e. The zero-order chi connectivity index (χ0) is 19.9. The van der Waals surface area contributed by atoms with Crippen LogP contribution in [0.4, 0.5) is 0 Å². The van der Waals surface area contributed by atoms with Gasteiger partial charge in [0.1, 0.15) is 5.78 Å². The molecule has 3 heteroatoms. The van der Waals surface area contributed by atoms with Crippen LogP contribution in [-0.4, -0.2) is 41.0 Å². The van der Waals surface area contributed by atoms with Crippen molar-refractivity contribution in [1.82, 2.24) is 4.90 Å². The zero-order valence-corrected chi connectivity index (χ0v) is 18.6. The molecule has 0 radical (unpaired) electrons. The van der Waals surface area contributed by atoms with Crippen LogP contribution in [0.3, 0.4) is 0 Å². The topological polar surface area (TPSA) is 40.5 Å². The van der Waals surface area contributed by atoms with E-state index in [4.69, 9.17) is 0 Å². The average Bonchev–Trinajstić information content (AvgIpc) is 3.08. The number of Topliss-reactive ketones (excluding diaryl/α,β-unsaturated/α-hetero) is 1. The highest BCUT2D eigenvalue weighted by atomic mass is 16.3. The molecule has 4 saturated carbocycles. The summed E-state index contributed by atoms with van der Waals surface area (Å²) in [5.74, 6) is 6.45. The van der Waals surface area contributed by atoms with Gasteiger partial charge in [-0.25, -0.2) is 0 Å². The monoisotopic (exact) mass is 399 g/mol. The van der Waals surface area contributed by atoms with E-state index in [0.29, 0.717) is 11.7 Å². The average molecular weight is 400 g/mol. The Bertz CT molecular complexity index is 678. The van der Waals surface area contributed by atoms with E-state index in [1.54, 1.807) is 0 Å². The molecular formula is C26H41NO2. The van der Waals surface area contributed by atoms with E-state index in [9.17, 15) is 9.90 Å². The first-order valence-corrected chi connectivity index (χ1v) is 12.9. The van der Waals surface area contributed by atoms with Crippen molar-refractivity contribution in [3.8, 4) is 0 Å². The molecule has 2 heterocycles. The number of rotatable bonds is 0. The molecule has 0 bridgehead atoms. The molecule has 0 aromatic rings. The van der Waals surface area contributed by atoms with Gasteiger partial charge < -0.3 is 5.11 Å². The lowest BCUT2D eigenvalue weighted by Gasteiger charge is -2.53. The van der Waals surface area contributed by atoms with Gasteiger partial charge in [-0.3, -0.25) is 9.69 Å². The highest BCUT2D eigenvalue weighted by Gasteiger charge is 2.62. The molecule has 6 rings (SSSR count). The van der Waals surface area contributed by atoms with Crippen molar-refractivity contribution >= 4 is 5.78 Å². The summed E-state index contributed by atoms with van der Waals surface area (Å²) < 4.78 is 0. The van der Waals surface area contributed by atoms with E-state index in [1.165, 1.54) is 51.6 Å². The third-order valence-electron chi connectivity index (χ3n) is 11.2. The highest BCUT2D eigenvalue weighted by molar-refractivity contribution is 5.83. The van der Waals surface area contributed by atoms with Gasteiger partial charge in [0, 0.05) is 31.5 Å². The van der Waals surface area contributed by atoms with E-state index >= 15 is 0 Å². The maximum Gasteiger partial charge on any atom is 0.136 e. The summed E-state index contributed by atoms with van der Waals surface area (Å²) >= 11 is 0. The molecule has 0 unspecified atom stereocenters. The molecule has 0 aromatic carbocycles. The Labute approximate surface area is 177 Å². The molecule has 0 amide bonds. The summed E-state index contributed by atoms with van der Waals surface area (Å²) in [5.41, 5.74) is 0.170. The summed E-state index contributed by atoms with van der Waals surface area (Å²) in [6, 6.07) is 0.871. The van der Waals surface area contributed by atoms with Crippen molar-refractivity contribution in [1.29, 1.82) is 0 Å². The molecule has 162 valence electrons. The van der Waals surface area contributed by atoms with Crippen LogP contribution in [0.5, 0.6) is 0 Å². The zero-order valence-electron chi connectivity index (χ0n) is 18.6. The first-order valence-electron chi connectivity index (χ1n) is 12.9. The van der Waals surface area contributed by atoms with Crippen LogP contribution >= 0.6 is 0 Å². The molecule has 2 aliphatic heterocycles. The molecule has 3 nitrogen and oxygen atoms in total. The Kier molecular flexibility index (Phi) is 4.52. The minimum absolute atomic E-state index is 0.141. The number of carbonyl (C=O) groups excluding carboxylic acids is 1. The molecular weight excluding hydrogens is 358 g/mol. The number of ketones is 1. The van der Waals surface area contributed by atoms with Gasteiger partial charge in [-0.1, -0.05) is 13.8 Å². The van der Waals surface area contributed by atoms with E-state index in [1.807, 2.05) is 0 Å². The first kappa shape index (κ1) is 19.3. The number of fused-ring (bicyclic) bond motifs is 8. The Morgan fingerprint density at radius 3 is 2.66 bits per heavy atom. The van der Waals surface area contributed by atoms with Crippen LogP contribution in [0, 0.1) is 52.8 Å². The van der Waals surface area contributed by atoms with Gasteiger partial charge in [-0.15, -0.1) is 0 Å². The fourth-order valence-corrected chi connectivity index (χ4v) is 9.82. The van der Waals surface area contributed by atoms with Gasteiger partial charge in [-0.05, 0) is 105 Å². The lowest BCUT2D eigenvalue weighted by molar-refractivity contribution is -0.145. The molecule has 11 atom stereocenters. The Morgan fingerprint density at radius 1 is 0.931 bits per heavy atom. The molecule has 6 fully saturated rings. The molecule has 0 spiro atoms. The Hall–Kier alpha value is -0.410. The highest BCUT2D eigenvalue weighted by Crippen LogP contribution is 2.65. The normalized spacial score (nSPS) is 57.3. The Morgan fingerprint density at radius 2 is 1.79 bits per heavy atom. The fraction of sp³-hybridized carbons (Fsp3) is 0.962. The van der Waals surface area contributed by atoms with Gasteiger partial charge in [-0.2, -0.15) is 0 Å². The maximum atomic E-state index is 13.2. The number of hydrogen-bond acceptors (Lipinski definition) is 3. The second-order valence-corrected chi connectivity index (χ2v) is 12.5. The first-order chi connectivity index (χ1) is 13.9. The Balaban J connectivity index is 1.27.